The van der Waals surface area contributed by atoms with E-state index in [1.807, 2.05) is 24.3 Å². The maximum absolute atomic E-state index is 13.5. The molecule has 116 valence electrons. The van der Waals surface area contributed by atoms with Gasteiger partial charge in [0.1, 0.15) is 17.4 Å². The fourth-order valence-corrected chi connectivity index (χ4v) is 2.67. The lowest BCUT2D eigenvalue weighted by molar-refractivity contribution is -0.115. The van der Waals surface area contributed by atoms with Crippen molar-refractivity contribution in [2.75, 3.05) is 12.4 Å². The van der Waals surface area contributed by atoms with Crippen molar-refractivity contribution in [2.45, 2.75) is 17.1 Å². The Labute approximate surface area is 131 Å². The number of carbonyl (C=O) groups is 1. The summed E-state index contributed by atoms with van der Waals surface area (Å²) in [6.45, 7) is 1.71. The zero-order chi connectivity index (χ0) is 16.1. The molecule has 0 aliphatic rings. The highest BCUT2D eigenvalue weighted by Gasteiger charge is 2.16. The fraction of sp³-hybridized carbons (Fsp3) is 0.188. The standard InChI is InChI=1S/C16H15F2NO2S/c1-10(22-13-5-3-4-12(9-13)21-2)16(20)19-15-7-6-11(17)8-14(15)18/h3-10H,1-2H3,(H,19,20). The summed E-state index contributed by atoms with van der Waals surface area (Å²) in [7, 11) is 1.57. The van der Waals surface area contributed by atoms with Crippen LogP contribution in [0.1, 0.15) is 6.92 Å². The van der Waals surface area contributed by atoms with Gasteiger partial charge in [0.05, 0.1) is 18.0 Å². The van der Waals surface area contributed by atoms with Gasteiger partial charge in [-0.05, 0) is 37.3 Å². The Morgan fingerprint density at radius 2 is 2.00 bits per heavy atom. The number of anilines is 1. The molecule has 0 saturated heterocycles. The molecule has 6 heteroatoms. The van der Waals surface area contributed by atoms with E-state index in [0.29, 0.717) is 5.75 Å². The number of amides is 1. The van der Waals surface area contributed by atoms with E-state index in [4.69, 9.17) is 4.74 Å². The van der Waals surface area contributed by atoms with Crippen molar-refractivity contribution < 1.29 is 18.3 Å². The van der Waals surface area contributed by atoms with Crippen LogP contribution in [0.15, 0.2) is 47.4 Å². The SMILES string of the molecule is COc1cccc(SC(C)C(=O)Nc2ccc(F)cc2F)c1. The van der Waals surface area contributed by atoms with Crippen LogP contribution in [0.3, 0.4) is 0 Å². The van der Waals surface area contributed by atoms with Crippen LogP contribution in [0.25, 0.3) is 0 Å². The molecule has 0 aliphatic carbocycles. The number of hydrogen-bond donors (Lipinski definition) is 1. The molecular weight excluding hydrogens is 308 g/mol. The van der Waals surface area contributed by atoms with Crippen molar-refractivity contribution in [3.8, 4) is 5.75 Å². The predicted molar refractivity (Wildman–Crippen MR) is 83.3 cm³/mol. The Hall–Kier alpha value is -2.08. The van der Waals surface area contributed by atoms with Gasteiger partial charge in [0.15, 0.2) is 0 Å². The second kappa shape index (κ2) is 7.26. The maximum atomic E-state index is 13.5. The van der Waals surface area contributed by atoms with Crippen molar-refractivity contribution >= 4 is 23.4 Å². The number of thioether (sulfide) groups is 1. The largest absolute Gasteiger partial charge is 0.497 e. The predicted octanol–water partition coefficient (Wildman–Crippen LogP) is 4.09. The third-order valence-electron chi connectivity index (χ3n) is 2.91. The number of rotatable bonds is 5. The van der Waals surface area contributed by atoms with E-state index in [-0.39, 0.29) is 11.6 Å². The normalized spacial score (nSPS) is 11.8. The van der Waals surface area contributed by atoms with E-state index in [0.717, 1.165) is 17.0 Å². The van der Waals surface area contributed by atoms with Gasteiger partial charge in [0.25, 0.3) is 0 Å². The van der Waals surface area contributed by atoms with Crippen LogP contribution in [-0.2, 0) is 4.79 Å². The Kier molecular flexibility index (Phi) is 5.38. The molecule has 1 unspecified atom stereocenters. The van der Waals surface area contributed by atoms with Crippen molar-refractivity contribution in [2.24, 2.45) is 0 Å². The van der Waals surface area contributed by atoms with Gasteiger partial charge in [-0.3, -0.25) is 4.79 Å². The lowest BCUT2D eigenvalue weighted by Gasteiger charge is -2.13. The van der Waals surface area contributed by atoms with Crippen LogP contribution in [0.4, 0.5) is 14.5 Å². The molecule has 0 bridgehead atoms. The summed E-state index contributed by atoms with van der Waals surface area (Å²) in [5.41, 5.74) is -0.0375. The first-order valence-corrected chi connectivity index (χ1v) is 7.44. The molecule has 2 aromatic rings. The van der Waals surface area contributed by atoms with Crippen LogP contribution < -0.4 is 10.1 Å². The highest BCUT2D eigenvalue weighted by molar-refractivity contribution is 8.00. The molecule has 0 radical (unpaired) electrons. The van der Waals surface area contributed by atoms with Crippen LogP contribution in [0.5, 0.6) is 5.75 Å². The molecule has 1 atom stereocenters. The first kappa shape index (κ1) is 16.3. The van der Waals surface area contributed by atoms with Crippen molar-refractivity contribution in [3.63, 3.8) is 0 Å². The molecule has 3 nitrogen and oxygen atoms in total. The summed E-state index contributed by atoms with van der Waals surface area (Å²) in [4.78, 5) is 12.9. The number of benzene rings is 2. The Balaban J connectivity index is 2.02. The summed E-state index contributed by atoms with van der Waals surface area (Å²) in [6.07, 6.45) is 0. The van der Waals surface area contributed by atoms with Gasteiger partial charge in [0.2, 0.25) is 5.91 Å². The number of hydrogen-bond acceptors (Lipinski definition) is 3. The zero-order valence-corrected chi connectivity index (χ0v) is 12.9. The lowest BCUT2D eigenvalue weighted by Crippen LogP contribution is -2.23. The molecule has 0 fully saturated rings. The molecule has 2 aromatic carbocycles. The van der Waals surface area contributed by atoms with E-state index >= 15 is 0 Å². The highest BCUT2D eigenvalue weighted by Crippen LogP contribution is 2.27. The van der Waals surface area contributed by atoms with Gasteiger partial charge in [-0.15, -0.1) is 11.8 Å². The Bertz CT molecular complexity index is 679. The van der Waals surface area contributed by atoms with E-state index in [9.17, 15) is 13.6 Å². The van der Waals surface area contributed by atoms with Crippen LogP contribution in [0, 0.1) is 11.6 Å². The molecule has 0 spiro atoms. The van der Waals surface area contributed by atoms with Crippen LogP contribution in [0.2, 0.25) is 0 Å². The summed E-state index contributed by atoms with van der Waals surface area (Å²) < 4.78 is 31.5. The van der Waals surface area contributed by atoms with Crippen molar-refractivity contribution in [3.05, 3.63) is 54.1 Å². The summed E-state index contributed by atoms with van der Waals surface area (Å²) >= 11 is 1.32. The Morgan fingerprint density at radius 1 is 1.23 bits per heavy atom. The third kappa shape index (κ3) is 4.21. The molecular formula is C16H15F2NO2S. The minimum Gasteiger partial charge on any atom is -0.497 e. The van der Waals surface area contributed by atoms with Gasteiger partial charge < -0.3 is 10.1 Å². The number of nitrogens with one attached hydrogen (secondary N) is 1. The average molecular weight is 323 g/mol. The number of ether oxygens (including phenoxy) is 1. The highest BCUT2D eigenvalue weighted by atomic mass is 32.2. The second-order valence-electron chi connectivity index (χ2n) is 4.55. The smallest absolute Gasteiger partial charge is 0.237 e. The van der Waals surface area contributed by atoms with Gasteiger partial charge >= 0.3 is 0 Å². The first-order valence-electron chi connectivity index (χ1n) is 6.56. The summed E-state index contributed by atoms with van der Waals surface area (Å²) in [6, 6.07) is 10.3. The molecule has 0 saturated carbocycles. The summed E-state index contributed by atoms with van der Waals surface area (Å²) in [5.74, 6) is -1.15. The molecule has 1 N–H and O–H groups in total. The topological polar surface area (TPSA) is 38.3 Å². The van der Waals surface area contributed by atoms with E-state index in [1.165, 1.54) is 17.8 Å². The molecule has 0 heterocycles. The minimum atomic E-state index is -0.799. The van der Waals surface area contributed by atoms with Crippen molar-refractivity contribution in [1.82, 2.24) is 0 Å². The Morgan fingerprint density at radius 3 is 2.68 bits per heavy atom. The third-order valence-corrected chi connectivity index (χ3v) is 4.01. The maximum Gasteiger partial charge on any atom is 0.237 e. The molecule has 0 aliphatic heterocycles. The van der Waals surface area contributed by atoms with E-state index in [1.54, 1.807) is 14.0 Å². The summed E-state index contributed by atoms with van der Waals surface area (Å²) in [5, 5.41) is 2.01. The average Bonchev–Trinajstić information content (AvgIpc) is 2.50. The van der Waals surface area contributed by atoms with Gasteiger partial charge in [0, 0.05) is 11.0 Å². The number of methoxy groups -OCH3 is 1. The van der Waals surface area contributed by atoms with Crippen LogP contribution >= 0.6 is 11.8 Å². The van der Waals surface area contributed by atoms with Crippen molar-refractivity contribution in [1.29, 1.82) is 0 Å². The lowest BCUT2D eigenvalue weighted by atomic mass is 10.3. The fourth-order valence-electron chi connectivity index (χ4n) is 1.76. The first-order chi connectivity index (χ1) is 10.5. The minimum absolute atomic E-state index is 0.0375. The quantitative estimate of drug-likeness (QED) is 0.842. The van der Waals surface area contributed by atoms with E-state index in [2.05, 4.69) is 5.32 Å². The monoisotopic (exact) mass is 323 g/mol. The van der Waals surface area contributed by atoms with Gasteiger partial charge in [-0.25, -0.2) is 8.78 Å². The molecule has 22 heavy (non-hydrogen) atoms. The number of carbonyl (C=O) groups excluding carboxylic acids is 1. The zero-order valence-electron chi connectivity index (χ0n) is 12.1. The van der Waals surface area contributed by atoms with Gasteiger partial charge in [-0.2, -0.15) is 0 Å². The van der Waals surface area contributed by atoms with E-state index < -0.39 is 16.9 Å². The van der Waals surface area contributed by atoms with Gasteiger partial charge in [-0.1, -0.05) is 6.07 Å². The second-order valence-corrected chi connectivity index (χ2v) is 5.97. The number of halogens is 2. The van der Waals surface area contributed by atoms with Crippen LogP contribution in [-0.4, -0.2) is 18.3 Å². The molecule has 2 rings (SSSR count). The molecule has 0 aromatic heterocycles. The molecule has 1 amide bonds.